The molecule has 29 heavy (non-hydrogen) atoms. The highest BCUT2D eigenvalue weighted by atomic mass is 35.5. The number of aromatic nitrogens is 3. The third-order valence-corrected chi connectivity index (χ3v) is 6.18. The molecule has 3 aromatic rings. The van der Waals surface area contributed by atoms with Crippen molar-refractivity contribution < 1.29 is 4.79 Å². The summed E-state index contributed by atoms with van der Waals surface area (Å²) in [4.78, 5) is 28.6. The number of halogens is 1. The van der Waals surface area contributed by atoms with Gasteiger partial charge in [-0.2, -0.15) is 0 Å². The molecule has 1 aliphatic carbocycles. The van der Waals surface area contributed by atoms with Crippen molar-refractivity contribution in [3.8, 4) is 0 Å². The molecule has 1 fully saturated rings. The predicted molar refractivity (Wildman–Crippen MR) is 111 cm³/mol. The van der Waals surface area contributed by atoms with E-state index in [0.29, 0.717) is 18.8 Å². The number of benzene rings is 1. The summed E-state index contributed by atoms with van der Waals surface area (Å²) in [5.74, 6) is 0.00808. The van der Waals surface area contributed by atoms with E-state index in [0.717, 1.165) is 36.6 Å². The fraction of sp³-hybridized carbons (Fsp3) is 0.318. The van der Waals surface area contributed by atoms with E-state index in [2.05, 4.69) is 33.1 Å². The van der Waals surface area contributed by atoms with Crippen molar-refractivity contribution in [2.45, 2.75) is 18.9 Å². The van der Waals surface area contributed by atoms with Crippen molar-refractivity contribution in [3.63, 3.8) is 0 Å². The maximum atomic E-state index is 12.6. The van der Waals surface area contributed by atoms with Gasteiger partial charge < -0.3 is 9.88 Å². The molecule has 1 N–H and O–H groups in total. The molecule has 1 atom stereocenters. The maximum absolute atomic E-state index is 12.6. The van der Waals surface area contributed by atoms with Gasteiger partial charge in [0, 0.05) is 37.4 Å². The first-order chi connectivity index (χ1) is 14.2. The zero-order chi connectivity index (χ0) is 19.8. The molecule has 1 aromatic carbocycles. The molecular weight excluding hydrogens is 386 g/mol. The quantitative estimate of drug-likeness (QED) is 0.709. The summed E-state index contributed by atoms with van der Waals surface area (Å²) in [6, 6.07) is 10.5. The van der Waals surface area contributed by atoms with Crippen LogP contribution in [-0.4, -0.2) is 56.8 Å². The maximum Gasteiger partial charge on any atom is 0.272 e. The second kappa shape index (κ2) is 7.61. The number of aromatic amines is 1. The monoisotopic (exact) mass is 407 g/mol. The largest absolute Gasteiger partial charge is 0.341 e. The van der Waals surface area contributed by atoms with Gasteiger partial charge in [0.2, 0.25) is 0 Å². The lowest BCUT2D eigenvalue weighted by molar-refractivity contribution is 0.0589. The first-order valence-electron chi connectivity index (χ1n) is 9.94. The number of piperazine rings is 1. The Balaban J connectivity index is 1.44. The fourth-order valence-corrected chi connectivity index (χ4v) is 4.67. The zero-order valence-corrected chi connectivity index (χ0v) is 16.8. The molecule has 5 rings (SSSR count). The standard InChI is InChI=1S/C22H22ClN5O/c23-17-5-6-18-16(12-17)4-3-15-2-1-7-25-20(15)21(18)27-8-10-28(11-9-27)22(29)19-13-24-14-26-19/h1-2,5-7,12-14,21H,3-4,8-11H2,(H,24,26). The van der Waals surface area contributed by atoms with Crippen LogP contribution in [0.5, 0.6) is 0 Å². The predicted octanol–water partition coefficient (Wildman–Crippen LogP) is 3.10. The highest BCUT2D eigenvalue weighted by Gasteiger charge is 2.33. The normalized spacial score (nSPS) is 19.3. The summed E-state index contributed by atoms with van der Waals surface area (Å²) < 4.78 is 0. The summed E-state index contributed by atoms with van der Waals surface area (Å²) in [6.45, 7) is 2.95. The van der Waals surface area contributed by atoms with E-state index in [1.165, 1.54) is 16.7 Å². The number of amides is 1. The number of nitrogens with one attached hydrogen (secondary N) is 1. The average Bonchev–Trinajstić information content (AvgIpc) is 3.24. The van der Waals surface area contributed by atoms with Crippen molar-refractivity contribution in [3.05, 3.63) is 82.2 Å². The van der Waals surface area contributed by atoms with Gasteiger partial charge in [0.1, 0.15) is 5.69 Å². The van der Waals surface area contributed by atoms with Crippen LogP contribution < -0.4 is 0 Å². The number of rotatable bonds is 2. The van der Waals surface area contributed by atoms with E-state index in [1.54, 1.807) is 12.5 Å². The minimum Gasteiger partial charge on any atom is -0.341 e. The van der Waals surface area contributed by atoms with E-state index in [-0.39, 0.29) is 11.9 Å². The van der Waals surface area contributed by atoms with Gasteiger partial charge in [0.15, 0.2) is 0 Å². The van der Waals surface area contributed by atoms with Gasteiger partial charge in [-0.15, -0.1) is 0 Å². The van der Waals surface area contributed by atoms with Crippen LogP contribution in [0, 0.1) is 0 Å². The molecule has 1 amide bonds. The number of hydrogen-bond donors (Lipinski definition) is 1. The van der Waals surface area contributed by atoms with Crippen LogP contribution in [0.15, 0.2) is 49.1 Å². The second-order valence-electron chi connectivity index (χ2n) is 7.59. The van der Waals surface area contributed by atoms with Crippen LogP contribution in [0.25, 0.3) is 0 Å². The van der Waals surface area contributed by atoms with Gasteiger partial charge in [-0.3, -0.25) is 14.7 Å². The van der Waals surface area contributed by atoms with Crippen molar-refractivity contribution >= 4 is 17.5 Å². The minimum absolute atomic E-state index is 0.00808. The lowest BCUT2D eigenvalue weighted by Crippen LogP contribution is -2.50. The molecule has 1 saturated heterocycles. The van der Waals surface area contributed by atoms with Crippen LogP contribution in [0.4, 0.5) is 0 Å². The Labute approximate surface area is 174 Å². The number of imidazole rings is 1. The van der Waals surface area contributed by atoms with E-state index in [1.807, 2.05) is 23.2 Å². The Morgan fingerprint density at radius 1 is 1.10 bits per heavy atom. The van der Waals surface area contributed by atoms with Crippen LogP contribution in [-0.2, 0) is 12.8 Å². The summed E-state index contributed by atoms with van der Waals surface area (Å²) in [5, 5.41) is 0.774. The molecule has 0 spiro atoms. The smallest absolute Gasteiger partial charge is 0.272 e. The van der Waals surface area contributed by atoms with Crippen LogP contribution >= 0.6 is 11.6 Å². The number of carbonyl (C=O) groups excluding carboxylic acids is 1. The molecule has 0 bridgehead atoms. The number of hydrogen-bond acceptors (Lipinski definition) is 4. The number of H-pyrrole nitrogens is 1. The lowest BCUT2D eigenvalue weighted by Gasteiger charge is -2.39. The molecule has 2 aliphatic rings. The lowest BCUT2D eigenvalue weighted by atomic mass is 9.96. The number of aryl methyl sites for hydroxylation is 2. The minimum atomic E-state index is 0.00808. The van der Waals surface area contributed by atoms with Gasteiger partial charge in [-0.1, -0.05) is 23.7 Å². The Morgan fingerprint density at radius 3 is 2.72 bits per heavy atom. The highest BCUT2D eigenvalue weighted by molar-refractivity contribution is 6.30. The van der Waals surface area contributed by atoms with Gasteiger partial charge in [0.05, 0.1) is 24.3 Å². The van der Waals surface area contributed by atoms with Gasteiger partial charge in [-0.05, 0) is 47.7 Å². The molecule has 148 valence electrons. The topological polar surface area (TPSA) is 65.1 Å². The van der Waals surface area contributed by atoms with Gasteiger partial charge in [0.25, 0.3) is 5.91 Å². The van der Waals surface area contributed by atoms with Crippen molar-refractivity contribution in [1.29, 1.82) is 0 Å². The summed E-state index contributed by atoms with van der Waals surface area (Å²) in [6.07, 6.45) is 6.93. The number of carbonyl (C=O) groups is 1. The van der Waals surface area contributed by atoms with Crippen molar-refractivity contribution in [1.82, 2.24) is 24.8 Å². The Morgan fingerprint density at radius 2 is 1.93 bits per heavy atom. The molecule has 7 heteroatoms. The van der Waals surface area contributed by atoms with Crippen molar-refractivity contribution in [2.75, 3.05) is 26.2 Å². The SMILES string of the molecule is O=C(c1cnc[nH]1)N1CCN(C2c3ccc(Cl)cc3CCc3cccnc32)CC1. The Hall–Kier alpha value is -2.70. The van der Waals surface area contributed by atoms with Gasteiger partial charge >= 0.3 is 0 Å². The molecular formula is C22H22ClN5O. The number of nitrogens with zero attached hydrogens (tertiary/aromatic N) is 4. The first kappa shape index (κ1) is 18.3. The summed E-state index contributed by atoms with van der Waals surface area (Å²) in [5.41, 5.74) is 5.53. The zero-order valence-electron chi connectivity index (χ0n) is 16.0. The highest BCUT2D eigenvalue weighted by Crippen LogP contribution is 2.37. The van der Waals surface area contributed by atoms with E-state index < -0.39 is 0 Å². The molecule has 0 radical (unpaired) electrons. The first-order valence-corrected chi connectivity index (χ1v) is 10.3. The molecule has 6 nitrogen and oxygen atoms in total. The summed E-state index contributed by atoms with van der Waals surface area (Å²) >= 11 is 6.30. The Bertz CT molecular complexity index is 1030. The third kappa shape index (κ3) is 3.43. The van der Waals surface area contributed by atoms with Crippen molar-refractivity contribution in [2.24, 2.45) is 0 Å². The van der Waals surface area contributed by atoms with E-state index in [4.69, 9.17) is 16.6 Å². The Kier molecular flexibility index (Phi) is 4.81. The average molecular weight is 408 g/mol. The fourth-order valence-electron chi connectivity index (χ4n) is 4.48. The van der Waals surface area contributed by atoms with E-state index in [9.17, 15) is 4.79 Å². The third-order valence-electron chi connectivity index (χ3n) is 5.94. The van der Waals surface area contributed by atoms with E-state index >= 15 is 0 Å². The molecule has 1 aliphatic heterocycles. The number of pyridine rings is 1. The number of fused-ring (bicyclic) bond motifs is 2. The second-order valence-corrected chi connectivity index (χ2v) is 8.02. The van der Waals surface area contributed by atoms with Crippen LogP contribution in [0.1, 0.15) is 38.9 Å². The molecule has 2 aromatic heterocycles. The molecule has 3 heterocycles. The van der Waals surface area contributed by atoms with Crippen LogP contribution in [0.3, 0.4) is 0 Å². The molecule has 1 unspecified atom stereocenters. The summed E-state index contributed by atoms with van der Waals surface area (Å²) in [7, 11) is 0. The molecule has 0 saturated carbocycles. The van der Waals surface area contributed by atoms with Gasteiger partial charge in [-0.25, -0.2) is 4.98 Å². The van der Waals surface area contributed by atoms with Crippen LogP contribution in [0.2, 0.25) is 5.02 Å².